The summed E-state index contributed by atoms with van der Waals surface area (Å²) in [6.07, 6.45) is 1.55. The molecule has 51 heavy (non-hydrogen) atoms. The molecule has 0 atom stereocenters. The van der Waals surface area contributed by atoms with Crippen LogP contribution in [-0.2, 0) is 24.4 Å². The molecule has 8 nitrogen and oxygen atoms in total. The second-order valence-electron chi connectivity index (χ2n) is 13.1. The Balaban J connectivity index is 1.44. The second-order valence-corrected chi connectivity index (χ2v) is 14.3. The number of carbonyl (C=O) groups excluding carboxylic acids is 2. The minimum atomic E-state index is -0.647. The minimum Gasteiger partial charge on any atom is -0.497 e. The fraction of sp³-hybridized carbons (Fsp3) is 0.268. The largest absolute Gasteiger partial charge is 0.497 e. The maximum absolute atomic E-state index is 15.4. The van der Waals surface area contributed by atoms with E-state index in [4.69, 9.17) is 14.2 Å². The lowest BCUT2D eigenvalue weighted by Crippen LogP contribution is -2.32. The van der Waals surface area contributed by atoms with Gasteiger partial charge in [-0.1, -0.05) is 36.4 Å². The van der Waals surface area contributed by atoms with Crippen LogP contribution in [0.2, 0.25) is 0 Å². The number of benzene rings is 4. The zero-order valence-corrected chi connectivity index (χ0v) is 30.7. The normalized spacial score (nSPS) is 11.9. The van der Waals surface area contributed by atoms with E-state index >= 15 is 4.39 Å². The van der Waals surface area contributed by atoms with Gasteiger partial charge < -0.3 is 24.1 Å². The van der Waals surface area contributed by atoms with Crippen molar-refractivity contribution in [2.45, 2.75) is 57.8 Å². The first kappa shape index (κ1) is 37.2. The number of carbonyl (C=O) groups is 2. The van der Waals surface area contributed by atoms with E-state index in [-0.39, 0.29) is 13.1 Å². The lowest BCUT2D eigenvalue weighted by atomic mass is 10.0. The van der Waals surface area contributed by atoms with Crippen molar-refractivity contribution in [3.63, 3.8) is 0 Å². The quantitative estimate of drug-likeness (QED) is 0.0909. The number of rotatable bonds is 14. The van der Waals surface area contributed by atoms with Gasteiger partial charge in [-0.15, -0.1) is 0 Å². The van der Waals surface area contributed by atoms with Crippen molar-refractivity contribution in [2.75, 3.05) is 20.8 Å². The van der Waals surface area contributed by atoms with E-state index in [1.165, 1.54) is 6.08 Å². The Hall–Kier alpha value is -5.06. The standard InChI is InChI=1S/C41H44FN3O5S/c1-28-39(37-22-31(27-46)14-19-38(37)45(28)26-33(42)20-21-43-40(47)50-41(2,3)4)32-8-7-9-36(23-32)51-44(24-29-10-15-34(48-5)16-11-29)25-30-12-17-35(49-6)18-13-30/h7-20,22-23,27H,21,24-26H2,1-6H3,(H,43,47)/b33-20-. The third kappa shape index (κ3) is 10.0. The smallest absolute Gasteiger partial charge is 0.407 e. The summed E-state index contributed by atoms with van der Waals surface area (Å²) < 4.78 is 35.5. The Labute approximate surface area is 303 Å². The summed E-state index contributed by atoms with van der Waals surface area (Å²) in [6, 6.07) is 29.9. The molecule has 1 heterocycles. The number of amides is 1. The lowest BCUT2D eigenvalue weighted by Gasteiger charge is -2.22. The average molecular weight is 710 g/mol. The van der Waals surface area contributed by atoms with Crippen LogP contribution in [0.3, 0.4) is 0 Å². The van der Waals surface area contributed by atoms with Gasteiger partial charge in [0.25, 0.3) is 0 Å². The number of nitrogens with zero attached hydrogens (tertiary/aromatic N) is 2. The van der Waals surface area contributed by atoms with Crippen LogP contribution in [0.4, 0.5) is 9.18 Å². The predicted octanol–water partition coefficient (Wildman–Crippen LogP) is 9.53. The number of nitrogens with one attached hydrogen (secondary N) is 1. The van der Waals surface area contributed by atoms with Crippen molar-refractivity contribution in [1.29, 1.82) is 0 Å². The maximum Gasteiger partial charge on any atom is 0.407 e. The fourth-order valence-electron chi connectivity index (χ4n) is 5.76. The summed E-state index contributed by atoms with van der Waals surface area (Å²) >= 11 is 1.65. The second kappa shape index (κ2) is 16.8. The van der Waals surface area contributed by atoms with Crippen LogP contribution in [-0.4, -0.2) is 47.6 Å². The van der Waals surface area contributed by atoms with Crippen LogP contribution in [0, 0.1) is 6.92 Å². The van der Waals surface area contributed by atoms with Gasteiger partial charge >= 0.3 is 6.09 Å². The Morgan fingerprint density at radius 1 is 0.902 bits per heavy atom. The van der Waals surface area contributed by atoms with Gasteiger partial charge in [0.15, 0.2) is 0 Å². The summed E-state index contributed by atoms with van der Waals surface area (Å²) in [4.78, 5) is 24.9. The minimum absolute atomic E-state index is 0.00996. The molecule has 4 aromatic carbocycles. The predicted molar refractivity (Wildman–Crippen MR) is 202 cm³/mol. The highest BCUT2D eigenvalue weighted by Crippen LogP contribution is 2.38. The molecule has 0 radical (unpaired) electrons. The van der Waals surface area contributed by atoms with Crippen molar-refractivity contribution in [3.8, 4) is 22.6 Å². The van der Waals surface area contributed by atoms with E-state index in [0.29, 0.717) is 18.7 Å². The molecular formula is C41H44FN3O5S. The molecule has 0 fully saturated rings. The molecule has 0 bridgehead atoms. The van der Waals surface area contributed by atoms with Gasteiger partial charge in [0.2, 0.25) is 0 Å². The highest BCUT2D eigenvalue weighted by Gasteiger charge is 2.19. The van der Waals surface area contributed by atoms with E-state index in [0.717, 1.165) is 61.5 Å². The molecule has 5 aromatic rings. The van der Waals surface area contributed by atoms with Crippen molar-refractivity contribution >= 4 is 35.2 Å². The average Bonchev–Trinajstić information content (AvgIpc) is 3.37. The summed E-state index contributed by atoms with van der Waals surface area (Å²) in [5, 5.41) is 3.43. The fourth-order valence-corrected chi connectivity index (χ4v) is 6.81. The summed E-state index contributed by atoms with van der Waals surface area (Å²) in [7, 11) is 3.32. The van der Waals surface area contributed by atoms with Crippen LogP contribution < -0.4 is 14.8 Å². The number of hydrogen-bond donors (Lipinski definition) is 1. The summed E-state index contributed by atoms with van der Waals surface area (Å²) in [5.74, 6) is 1.20. The maximum atomic E-state index is 15.4. The molecule has 0 spiro atoms. The van der Waals surface area contributed by atoms with Gasteiger partial charge in [-0.25, -0.2) is 13.5 Å². The molecule has 0 saturated heterocycles. The van der Waals surface area contributed by atoms with Gasteiger partial charge in [0.05, 0.1) is 20.8 Å². The zero-order valence-electron chi connectivity index (χ0n) is 29.9. The van der Waals surface area contributed by atoms with Gasteiger partial charge in [-0.05, 0) is 117 Å². The van der Waals surface area contributed by atoms with E-state index in [2.05, 4.69) is 46.0 Å². The first-order valence-electron chi connectivity index (χ1n) is 16.6. The number of alkyl carbamates (subject to hydrolysis) is 1. The molecule has 0 aliphatic carbocycles. The number of fused-ring (bicyclic) bond motifs is 1. The summed E-state index contributed by atoms with van der Waals surface area (Å²) in [5.41, 5.74) is 5.71. The Morgan fingerprint density at radius 3 is 2.10 bits per heavy atom. The van der Waals surface area contributed by atoms with Crippen molar-refractivity contribution in [2.24, 2.45) is 0 Å². The van der Waals surface area contributed by atoms with Crippen LogP contribution in [0.5, 0.6) is 11.5 Å². The van der Waals surface area contributed by atoms with E-state index < -0.39 is 17.5 Å². The van der Waals surface area contributed by atoms with Crippen LogP contribution in [0.1, 0.15) is 48.0 Å². The topological polar surface area (TPSA) is 82.0 Å². The number of methoxy groups -OCH3 is 2. The van der Waals surface area contributed by atoms with E-state index in [9.17, 15) is 9.59 Å². The van der Waals surface area contributed by atoms with Gasteiger partial charge in [-0.2, -0.15) is 0 Å². The molecular weight excluding hydrogens is 666 g/mol. The van der Waals surface area contributed by atoms with Gasteiger partial charge in [0.1, 0.15) is 29.2 Å². The molecule has 0 unspecified atom stereocenters. The lowest BCUT2D eigenvalue weighted by molar-refractivity contribution is 0.0533. The Morgan fingerprint density at radius 2 is 1.53 bits per heavy atom. The zero-order chi connectivity index (χ0) is 36.5. The Kier molecular flexibility index (Phi) is 12.2. The molecule has 1 N–H and O–H groups in total. The number of aldehydes is 1. The van der Waals surface area contributed by atoms with Crippen LogP contribution >= 0.6 is 11.9 Å². The molecule has 0 saturated carbocycles. The number of halogens is 1. The number of allylic oxidation sites excluding steroid dienone is 1. The first-order valence-corrected chi connectivity index (χ1v) is 17.4. The molecule has 0 aliphatic heterocycles. The van der Waals surface area contributed by atoms with Crippen molar-refractivity contribution < 1.29 is 28.2 Å². The van der Waals surface area contributed by atoms with Gasteiger partial charge in [0, 0.05) is 52.3 Å². The molecule has 10 heteroatoms. The van der Waals surface area contributed by atoms with Crippen LogP contribution in [0.25, 0.3) is 22.0 Å². The SMILES string of the molecule is COc1ccc(CN(Cc2ccc(OC)cc2)Sc2cccc(-c3c(C)n(C/C(F)=C/CNC(=O)OC(C)(C)C)c4ccc(C=O)cc34)c2)cc1. The molecule has 1 aromatic heterocycles. The van der Waals surface area contributed by atoms with Crippen molar-refractivity contribution in [3.05, 3.63) is 125 Å². The van der Waals surface area contributed by atoms with Crippen molar-refractivity contribution in [1.82, 2.24) is 14.2 Å². The van der Waals surface area contributed by atoms with Crippen LogP contribution in [0.15, 0.2) is 108 Å². The number of hydrogen-bond acceptors (Lipinski definition) is 7. The molecule has 266 valence electrons. The monoisotopic (exact) mass is 709 g/mol. The van der Waals surface area contributed by atoms with Gasteiger partial charge in [-0.3, -0.25) is 4.79 Å². The molecule has 1 amide bonds. The van der Waals surface area contributed by atoms with E-state index in [1.54, 1.807) is 53.0 Å². The number of ether oxygens (including phenoxy) is 3. The van der Waals surface area contributed by atoms with E-state index in [1.807, 2.05) is 60.0 Å². The first-order chi connectivity index (χ1) is 24.5. The molecule has 5 rings (SSSR count). The Bertz CT molecular complexity index is 1950. The third-order valence-electron chi connectivity index (χ3n) is 8.15. The number of aromatic nitrogens is 1. The highest BCUT2D eigenvalue weighted by atomic mass is 32.2. The highest BCUT2D eigenvalue weighted by molar-refractivity contribution is 7.97. The third-order valence-corrected chi connectivity index (χ3v) is 9.14. The molecule has 0 aliphatic rings. The summed E-state index contributed by atoms with van der Waals surface area (Å²) in [6.45, 7) is 8.58.